The van der Waals surface area contributed by atoms with Gasteiger partial charge in [-0.3, -0.25) is 4.79 Å². The summed E-state index contributed by atoms with van der Waals surface area (Å²) in [4.78, 5) is 11.2. The molecule has 1 amide bonds. The Bertz CT molecular complexity index is 495. The van der Waals surface area contributed by atoms with Crippen molar-refractivity contribution in [2.45, 2.75) is 25.0 Å². The van der Waals surface area contributed by atoms with Crippen molar-refractivity contribution < 1.29 is 17.6 Å². The Morgan fingerprint density at radius 2 is 2.17 bits per heavy atom. The van der Waals surface area contributed by atoms with Gasteiger partial charge in [0.05, 0.1) is 13.1 Å². The third kappa shape index (κ3) is 4.86. The van der Waals surface area contributed by atoms with Crippen LogP contribution in [-0.2, 0) is 21.4 Å². The minimum atomic E-state index is -3.81. The summed E-state index contributed by atoms with van der Waals surface area (Å²) in [5.74, 6) is 0.289. The van der Waals surface area contributed by atoms with Crippen LogP contribution in [0.5, 0.6) is 0 Å². The Morgan fingerprint density at radius 3 is 2.72 bits per heavy atom. The van der Waals surface area contributed by atoms with Gasteiger partial charge in [0.25, 0.3) is 10.0 Å². The molecular weight excluding hydrogens is 258 g/mol. The van der Waals surface area contributed by atoms with Crippen LogP contribution in [0.2, 0.25) is 0 Å². The van der Waals surface area contributed by atoms with Crippen LogP contribution in [0.3, 0.4) is 0 Å². The van der Waals surface area contributed by atoms with E-state index in [9.17, 15) is 13.2 Å². The first-order chi connectivity index (χ1) is 8.43. The van der Waals surface area contributed by atoms with E-state index in [-0.39, 0.29) is 24.1 Å². The lowest BCUT2D eigenvalue weighted by molar-refractivity contribution is -0.120. The van der Waals surface area contributed by atoms with Gasteiger partial charge in [-0.05, 0) is 18.6 Å². The predicted molar refractivity (Wildman–Crippen MR) is 65.1 cm³/mol. The normalized spacial score (nSPS) is 11.4. The molecule has 4 N–H and O–H groups in total. The topological polar surface area (TPSA) is 114 Å². The van der Waals surface area contributed by atoms with E-state index in [4.69, 9.17) is 9.56 Å². The highest BCUT2D eigenvalue weighted by Gasteiger charge is 2.12. The van der Waals surface area contributed by atoms with Crippen LogP contribution in [0.4, 0.5) is 0 Å². The second-order valence-corrected chi connectivity index (χ2v) is 5.21. The molecule has 18 heavy (non-hydrogen) atoms. The van der Waals surface area contributed by atoms with Crippen LogP contribution >= 0.6 is 0 Å². The smallest absolute Gasteiger partial charge is 0.271 e. The molecule has 0 radical (unpaired) electrons. The number of furan rings is 1. The number of carbonyl (C=O) groups is 1. The molecule has 7 nitrogen and oxygen atoms in total. The molecule has 0 spiro atoms. The van der Waals surface area contributed by atoms with Gasteiger partial charge in [-0.25, -0.2) is 13.6 Å². The van der Waals surface area contributed by atoms with Crippen molar-refractivity contribution in [2.24, 2.45) is 5.14 Å². The molecule has 1 aromatic rings. The Morgan fingerprint density at radius 1 is 1.44 bits per heavy atom. The average Bonchev–Trinajstić information content (AvgIpc) is 2.74. The second kappa shape index (κ2) is 6.53. The van der Waals surface area contributed by atoms with Gasteiger partial charge in [0.15, 0.2) is 0 Å². The number of nitrogens with one attached hydrogen (secondary N) is 2. The molecule has 0 aliphatic heterocycles. The van der Waals surface area contributed by atoms with Gasteiger partial charge >= 0.3 is 0 Å². The van der Waals surface area contributed by atoms with Gasteiger partial charge in [-0.15, -0.1) is 0 Å². The molecule has 0 aromatic carbocycles. The molecule has 102 valence electrons. The van der Waals surface area contributed by atoms with E-state index in [0.29, 0.717) is 12.3 Å². The van der Waals surface area contributed by atoms with Gasteiger partial charge in [0, 0.05) is 6.54 Å². The predicted octanol–water partition coefficient (Wildman–Crippen LogP) is -0.457. The second-order valence-electron chi connectivity index (χ2n) is 3.72. The zero-order chi connectivity index (χ0) is 13.6. The summed E-state index contributed by atoms with van der Waals surface area (Å²) < 4.78 is 26.9. The fraction of sp³-hybridized carbons (Fsp3) is 0.500. The molecule has 0 saturated heterocycles. The van der Waals surface area contributed by atoms with Crippen LogP contribution in [0, 0.1) is 0 Å². The molecule has 0 fully saturated rings. The van der Waals surface area contributed by atoms with E-state index in [1.54, 1.807) is 0 Å². The number of carbonyl (C=O) groups excluding carboxylic acids is 1. The van der Waals surface area contributed by atoms with Crippen molar-refractivity contribution in [3.8, 4) is 0 Å². The highest BCUT2D eigenvalue weighted by Crippen LogP contribution is 2.11. The van der Waals surface area contributed by atoms with Gasteiger partial charge in [0.1, 0.15) is 5.76 Å². The minimum Gasteiger partial charge on any atom is -0.447 e. The average molecular weight is 275 g/mol. The molecule has 0 atom stereocenters. The molecule has 1 rings (SSSR count). The third-order valence-corrected chi connectivity index (χ3v) is 2.85. The fourth-order valence-electron chi connectivity index (χ4n) is 1.23. The minimum absolute atomic E-state index is 0.116. The number of sulfonamides is 1. The molecule has 1 heterocycles. The summed E-state index contributed by atoms with van der Waals surface area (Å²) in [5.41, 5.74) is 0. The Kier molecular flexibility index (Phi) is 5.32. The molecule has 0 saturated carbocycles. The Labute approximate surface area is 106 Å². The number of nitrogens with two attached hydrogens (primary N) is 1. The van der Waals surface area contributed by atoms with Crippen molar-refractivity contribution in [2.75, 3.05) is 13.1 Å². The molecule has 1 aromatic heterocycles. The van der Waals surface area contributed by atoms with Crippen LogP contribution in [0.15, 0.2) is 21.6 Å². The lowest BCUT2D eigenvalue weighted by Crippen LogP contribution is -2.33. The van der Waals surface area contributed by atoms with E-state index in [2.05, 4.69) is 10.6 Å². The summed E-state index contributed by atoms with van der Waals surface area (Å²) in [7, 11) is -3.81. The number of primary sulfonamides is 1. The first kappa shape index (κ1) is 14.7. The van der Waals surface area contributed by atoms with Crippen LogP contribution in [-0.4, -0.2) is 27.4 Å². The van der Waals surface area contributed by atoms with Crippen molar-refractivity contribution in [3.63, 3.8) is 0 Å². The van der Waals surface area contributed by atoms with Gasteiger partial charge in [0.2, 0.25) is 11.0 Å². The Balaban J connectivity index is 2.36. The number of hydrogen-bond acceptors (Lipinski definition) is 5. The van der Waals surface area contributed by atoms with Crippen LogP contribution in [0.25, 0.3) is 0 Å². The first-order valence-corrected chi connectivity index (χ1v) is 7.07. The van der Waals surface area contributed by atoms with Gasteiger partial charge in [-0.2, -0.15) is 0 Å². The van der Waals surface area contributed by atoms with Gasteiger partial charge < -0.3 is 15.1 Å². The summed E-state index contributed by atoms with van der Waals surface area (Å²) >= 11 is 0. The molecular formula is C10H17N3O4S. The highest BCUT2D eigenvalue weighted by atomic mass is 32.2. The summed E-state index contributed by atoms with van der Waals surface area (Å²) in [6, 6.07) is 2.78. The van der Waals surface area contributed by atoms with E-state index < -0.39 is 10.0 Å². The standard InChI is InChI=1S/C10H17N3O4S/c1-2-5-13-9(14)7-12-6-8-3-4-10(17-8)18(11,15)16/h3-4,12H,2,5-7H2,1H3,(H,13,14)(H2,11,15,16). The van der Waals surface area contributed by atoms with Gasteiger partial charge in [-0.1, -0.05) is 6.92 Å². The first-order valence-electron chi connectivity index (χ1n) is 5.52. The summed E-state index contributed by atoms with van der Waals surface area (Å²) in [6.45, 7) is 3.00. The van der Waals surface area contributed by atoms with E-state index in [0.717, 1.165) is 6.42 Å². The number of hydrogen-bond donors (Lipinski definition) is 3. The molecule has 0 unspecified atom stereocenters. The number of rotatable bonds is 7. The zero-order valence-corrected chi connectivity index (χ0v) is 10.9. The third-order valence-electron chi connectivity index (χ3n) is 2.07. The van der Waals surface area contributed by atoms with Crippen molar-refractivity contribution in [1.29, 1.82) is 0 Å². The SMILES string of the molecule is CCCNC(=O)CNCc1ccc(S(N)(=O)=O)o1. The van der Waals surface area contributed by atoms with Crippen molar-refractivity contribution >= 4 is 15.9 Å². The lowest BCUT2D eigenvalue weighted by Gasteiger charge is -2.03. The summed E-state index contributed by atoms with van der Waals surface area (Å²) in [5, 5.41) is 10.1. The lowest BCUT2D eigenvalue weighted by atomic mass is 10.4. The maximum absolute atomic E-state index is 11.2. The monoisotopic (exact) mass is 275 g/mol. The molecule has 8 heteroatoms. The molecule has 0 aliphatic rings. The fourth-order valence-corrected chi connectivity index (χ4v) is 1.71. The van der Waals surface area contributed by atoms with Crippen molar-refractivity contribution in [1.82, 2.24) is 10.6 Å². The van der Waals surface area contributed by atoms with Crippen molar-refractivity contribution in [3.05, 3.63) is 17.9 Å². The van der Waals surface area contributed by atoms with E-state index in [1.165, 1.54) is 12.1 Å². The quantitative estimate of drug-likeness (QED) is 0.623. The Hall–Kier alpha value is -1.38. The summed E-state index contributed by atoms with van der Waals surface area (Å²) in [6.07, 6.45) is 0.877. The highest BCUT2D eigenvalue weighted by molar-refractivity contribution is 7.89. The maximum atomic E-state index is 11.2. The van der Waals surface area contributed by atoms with Crippen LogP contribution in [0.1, 0.15) is 19.1 Å². The van der Waals surface area contributed by atoms with E-state index in [1.807, 2.05) is 6.92 Å². The molecule has 0 bridgehead atoms. The zero-order valence-electron chi connectivity index (χ0n) is 10.1. The largest absolute Gasteiger partial charge is 0.447 e. The number of amides is 1. The van der Waals surface area contributed by atoms with Crippen LogP contribution < -0.4 is 15.8 Å². The van der Waals surface area contributed by atoms with E-state index >= 15 is 0 Å². The maximum Gasteiger partial charge on any atom is 0.271 e. The molecule has 0 aliphatic carbocycles.